The number of carboxylic acids is 1. The molecular weight excluding hydrogens is 438 g/mol. The number of ether oxygens (including phenoxy) is 2. The molecule has 0 saturated heterocycles. The average molecular weight is 466 g/mol. The van der Waals surface area contributed by atoms with Crippen LogP contribution in [-0.2, 0) is 11.4 Å². The molecule has 0 bridgehead atoms. The van der Waals surface area contributed by atoms with Crippen LogP contribution >= 0.6 is 11.6 Å². The van der Waals surface area contributed by atoms with Crippen molar-refractivity contribution in [2.75, 3.05) is 0 Å². The number of rotatable bonds is 10. The zero-order valence-corrected chi connectivity index (χ0v) is 19.9. The van der Waals surface area contributed by atoms with Crippen molar-refractivity contribution in [3.8, 4) is 17.4 Å². The van der Waals surface area contributed by atoms with Crippen LogP contribution in [0, 0.1) is 13.8 Å². The zero-order chi connectivity index (χ0) is 23.8. The van der Waals surface area contributed by atoms with E-state index in [2.05, 4.69) is 4.98 Å². The summed E-state index contributed by atoms with van der Waals surface area (Å²) in [5, 5.41) is 9.85. The van der Waals surface area contributed by atoms with Crippen LogP contribution in [0.4, 0.5) is 0 Å². The lowest BCUT2D eigenvalue weighted by molar-refractivity contribution is -0.132. The summed E-state index contributed by atoms with van der Waals surface area (Å²) in [7, 11) is 0. The lowest BCUT2D eigenvalue weighted by Gasteiger charge is -2.11. The van der Waals surface area contributed by atoms with Crippen molar-refractivity contribution >= 4 is 23.6 Å². The summed E-state index contributed by atoms with van der Waals surface area (Å²) < 4.78 is 11.6. The molecule has 0 fully saturated rings. The normalized spacial score (nSPS) is 11.3. The first-order chi connectivity index (χ1) is 15.9. The second-order valence-electron chi connectivity index (χ2n) is 7.93. The van der Waals surface area contributed by atoms with Crippen molar-refractivity contribution in [3.05, 3.63) is 87.6 Å². The van der Waals surface area contributed by atoms with Crippen LogP contribution in [0.15, 0.2) is 60.3 Å². The van der Waals surface area contributed by atoms with Gasteiger partial charge in [-0.25, -0.2) is 9.78 Å². The third-order valence-electron chi connectivity index (χ3n) is 5.17. The third kappa shape index (κ3) is 7.09. The van der Waals surface area contributed by atoms with Gasteiger partial charge in [0.05, 0.1) is 11.2 Å². The Kier molecular flexibility index (Phi) is 8.50. The van der Waals surface area contributed by atoms with Gasteiger partial charge in [-0.15, -0.1) is 0 Å². The number of hydrogen-bond donors (Lipinski definition) is 1. The summed E-state index contributed by atoms with van der Waals surface area (Å²) in [6.07, 6.45) is 5.56. The number of aromatic nitrogens is 1. The molecule has 0 aliphatic heterocycles. The number of carbonyl (C=O) groups is 1. The van der Waals surface area contributed by atoms with E-state index in [9.17, 15) is 9.90 Å². The van der Waals surface area contributed by atoms with Crippen LogP contribution in [0.3, 0.4) is 0 Å². The van der Waals surface area contributed by atoms with Gasteiger partial charge in [-0.3, -0.25) is 0 Å². The fraction of sp³-hybridized carbons (Fsp3) is 0.259. The first kappa shape index (κ1) is 24.3. The van der Waals surface area contributed by atoms with E-state index in [0.29, 0.717) is 41.0 Å². The predicted molar refractivity (Wildman–Crippen MR) is 131 cm³/mol. The SMILES string of the molecule is CCCCC(=Cc1cc(Cl)c(Oc2ccc(OCc3ccc(C)cc3)cn2)cc1C)C(=O)O. The fourth-order valence-corrected chi connectivity index (χ4v) is 3.39. The van der Waals surface area contributed by atoms with Gasteiger partial charge in [-0.2, -0.15) is 0 Å². The monoisotopic (exact) mass is 465 g/mol. The van der Waals surface area contributed by atoms with Gasteiger partial charge in [0.1, 0.15) is 18.1 Å². The van der Waals surface area contributed by atoms with Gasteiger partial charge in [-0.05, 0) is 67.7 Å². The predicted octanol–water partition coefficient (Wildman–Crippen LogP) is 7.38. The van der Waals surface area contributed by atoms with Crippen LogP contribution in [0.1, 0.15) is 48.4 Å². The molecule has 172 valence electrons. The van der Waals surface area contributed by atoms with Gasteiger partial charge in [0.15, 0.2) is 0 Å². The number of pyridine rings is 1. The molecule has 2 aromatic carbocycles. The maximum atomic E-state index is 11.5. The topological polar surface area (TPSA) is 68.7 Å². The minimum Gasteiger partial charge on any atom is -0.487 e. The number of aryl methyl sites for hydroxylation is 2. The average Bonchev–Trinajstić information content (AvgIpc) is 2.80. The van der Waals surface area contributed by atoms with E-state index < -0.39 is 5.97 Å². The number of hydrogen-bond acceptors (Lipinski definition) is 4. The molecule has 0 atom stereocenters. The molecule has 6 heteroatoms. The van der Waals surface area contributed by atoms with Crippen molar-refractivity contribution in [3.63, 3.8) is 0 Å². The van der Waals surface area contributed by atoms with Crippen LogP contribution in [0.5, 0.6) is 17.4 Å². The highest BCUT2D eigenvalue weighted by molar-refractivity contribution is 6.32. The molecule has 33 heavy (non-hydrogen) atoms. The summed E-state index contributed by atoms with van der Waals surface area (Å²) >= 11 is 6.42. The van der Waals surface area contributed by atoms with E-state index in [0.717, 1.165) is 29.5 Å². The number of unbranched alkanes of at least 4 members (excludes halogenated alkanes) is 1. The van der Waals surface area contributed by atoms with Gasteiger partial charge in [0, 0.05) is 11.6 Å². The smallest absolute Gasteiger partial charge is 0.331 e. The highest BCUT2D eigenvalue weighted by Crippen LogP contribution is 2.33. The van der Waals surface area contributed by atoms with E-state index in [1.165, 1.54) is 5.56 Å². The fourth-order valence-electron chi connectivity index (χ4n) is 3.18. The molecule has 0 radical (unpaired) electrons. The van der Waals surface area contributed by atoms with Crippen molar-refractivity contribution in [2.24, 2.45) is 0 Å². The molecule has 0 aliphatic rings. The zero-order valence-electron chi connectivity index (χ0n) is 19.1. The van der Waals surface area contributed by atoms with Gasteiger partial charge in [0.2, 0.25) is 5.88 Å². The number of nitrogens with zero attached hydrogens (tertiary/aromatic N) is 1. The molecule has 3 rings (SSSR count). The number of halogens is 1. The molecular formula is C27H28ClNO4. The van der Waals surface area contributed by atoms with Gasteiger partial charge >= 0.3 is 5.97 Å². The first-order valence-electron chi connectivity index (χ1n) is 10.9. The maximum absolute atomic E-state index is 11.5. The van der Waals surface area contributed by atoms with Crippen molar-refractivity contribution in [1.82, 2.24) is 4.98 Å². The molecule has 5 nitrogen and oxygen atoms in total. The molecule has 0 aliphatic carbocycles. The van der Waals surface area contributed by atoms with Crippen LogP contribution in [0.25, 0.3) is 6.08 Å². The maximum Gasteiger partial charge on any atom is 0.331 e. The van der Waals surface area contributed by atoms with Gasteiger partial charge in [-0.1, -0.05) is 54.8 Å². The van der Waals surface area contributed by atoms with Crippen molar-refractivity contribution in [2.45, 2.75) is 46.6 Å². The third-order valence-corrected chi connectivity index (χ3v) is 5.47. The quantitative estimate of drug-likeness (QED) is 0.316. The lowest BCUT2D eigenvalue weighted by atomic mass is 10.0. The Morgan fingerprint density at radius 3 is 2.52 bits per heavy atom. The van der Waals surface area contributed by atoms with Crippen LogP contribution in [-0.4, -0.2) is 16.1 Å². The Hall–Kier alpha value is -3.31. The molecule has 0 saturated carbocycles. The van der Waals surface area contributed by atoms with Gasteiger partial charge < -0.3 is 14.6 Å². The molecule has 0 spiro atoms. The number of carboxylic acid groups (broad SMARTS) is 1. The molecule has 1 N–H and O–H groups in total. The first-order valence-corrected chi connectivity index (χ1v) is 11.3. The largest absolute Gasteiger partial charge is 0.487 e. The van der Waals surface area contributed by atoms with Crippen molar-refractivity contribution in [1.29, 1.82) is 0 Å². The second-order valence-corrected chi connectivity index (χ2v) is 8.33. The Labute approximate surface area is 199 Å². The van der Waals surface area contributed by atoms with E-state index in [1.807, 2.05) is 45.0 Å². The van der Waals surface area contributed by atoms with Crippen LogP contribution in [0.2, 0.25) is 5.02 Å². The van der Waals surface area contributed by atoms with E-state index >= 15 is 0 Å². The summed E-state index contributed by atoms with van der Waals surface area (Å²) in [5.74, 6) is 0.571. The number of aliphatic carboxylic acids is 1. The molecule has 0 amide bonds. The lowest BCUT2D eigenvalue weighted by Crippen LogP contribution is -2.01. The number of benzene rings is 2. The minimum absolute atomic E-state index is 0.368. The molecule has 0 unspecified atom stereocenters. The highest BCUT2D eigenvalue weighted by atomic mass is 35.5. The summed E-state index contributed by atoms with van der Waals surface area (Å²) in [6.45, 7) is 6.43. The standard InChI is InChI=1S/C27H28ClNO4/c1-4-5-6-21(27(30)31)14-22-15-24(28)25(13-19(22)3)33-26-12-11-23(16-29-26)32-17-20-9-7-18(2)8-10-20/h7-16H,4-6,17H2,1-3H3,(H,30,31). The summed E-state index contributed by atoms with van der Waals surface area (Å²) in [4.78, 5) is 15.8. The van der Waals surface area contributed by atoms with E-state index in [1.54, 1.807) is 36.5 Å². The summed E-state index contributed by atoms with van der Waals surface area (Å²) in [5.41, 5.74) is 4.28. The van der Waals surface area contributed by atoms with E-state index in [4.69, 9.17) is 21.1 Å². The molecule has 1 aromatic heterocycles. The van der Waals surface area contributed by atoms with Crippen LogP contribution < -0.4 is 9.47 Å². The second kappa shape index (κ2) is 11.5. The Morgan fingerprint density at radius 1 is 1.12 bits per heavy atom. The van der Waals surface area contributed by atoms with E-state index in [-0.39, 0.29) is 0 Å². The highest BCUT2D eigenvalue weighted by Gasteiger charge is 2.12. The van der Waals surface area contributed by atoms with Gasteiger partial charge in [0.25, 0.3) is 0 Å². The minimum atomic E-state index is -0.909. The van der Waals surface area contributed by atoms with Crippen molar-refractivity contribution < 1.29 is 19.4 Å². The summed E-state index contributed by atoms with van der Waals surface area (Å²) in [6, 6.07) is 15.2. The Morgan fingerprint density at radius 2 is 1.88 bits per heavy atom. The Bertz CT molecular complexity index is 1120. The molecule has 3 aromatic rings. The molecule has 1 heterocycles. The Balaban J connectivity index is 1.68.